The molecule has 1 saturated carbocycles. The number of methoxy groups -OCH3 is 1. The first-order chi connectivity index (χ1) is 13.0. The Morgan fingerprint density at radius 1 is 1.07 bits per heavy atom. The van der Waals surface area contributed by atoms with E-state index in [1.54, 1.807) is 37.4 Å². The van der Waals surface area contributed by atoms with E-state index < -0.39 is 5.54 Å². The Hall–Kier alpha value is -2.82. The van der Waals surface area contributed by atoms with Gasteiger partial charge >= 0.3 is 0 Å². The molecule has 0 aromatic heterocycles. The first-order valence-corrected chi connectivity index (χ1v) is 9.27. The summed E-state index contributed by atoms with van der Waals surface area (Å²) in [4.78, 5) is 26.3. The highest BCUT2D eigenvalue weighted by atomic mass is 16.5. The summed E-state index contributed by atoms with van der Waals surface area (Å²) in [7, 11) is 1.57. The van der Waals surface area contributed by atoms with Crippen LogP contribution in [0.5, 0.6) is 11.5 Å². The van der Waals surface area contributed by atoms with Crippen LogP contribution in [0, 0.1) is 6.92 Å². The Morgan fingerprint density at radius 2 is 1.78 bits per heavy atom. The molecule has 1 aliphatic rings. The summed E-state index contributed by atoms with van der Waals surface area (Å²) >= 11 is 0. The van der Waals surface area contributed by atoms with Crippen molar-refractivity contribution in [3.8, 4) is 11.5 Å². The highest BCUT2D eigenvalue weighted by Crippen LogP contribution is 2.33. The van der Waals surface area contributed by atoms with E-state index in [0.29, 0.717) is 29.7 Å². The number of hydrogen-bond acceptors (Lipinski definition) is 4. The van der Waals surface area contributed by atoms with Crippen molar-refractivity contribution in [1.29, 1.82) is 0 Å². The fourth-order valence-corrected chi connectivity index (χ4v) is 3.85. The van der Waals surface area contributed by atoms with Gasteiger partial charge in [-0.3, -0.25) is 9.59 Å². The van der Waals surface area contributed by atoms with Gasteiger partial charge in [-0.2, -0.15) is 0 Å². The lowest BCUT2D eigenvalue weighted by atomic mass is 9.76. The molecule has 2 N–H and O–H groups in total. The van der Waals surface area contributed by atoms with Gasteiger partial charge in [-0.05, 0) is 44.0 Å². The van der Waals surface area contributed by atoms with Crippen LogP contribution in [0.25, 0.3) is 0 Å². The molecule has 2 aromatic rings. The predicted octanol–water partition coefficient (Wildman–Crippen LogP) is 4.02. The fraction of sp³-hybridized carbons (Fsp3) is 0.364. The Labute approximate surface area is 159 Å². The molecule has 0 saturated heterocycles. The number of carbonyl (C=O) groups is 2. The van der Waals surface area contributed by atoms with Crippen LogP contribution in [0.15, 0.2) is 42.5 Å². The molecule has 27 heavy (non-hydrogen) atoms. The zero-order valence-electron chi connectivity index (χ0n) is 15.7. The van der Waals surface area contributed by atoms with Crippen LogP contribution in [0.2, 0.25) is 0 Å². The molecular formula is C22H25NO4. The summed E-state index contributed by atoms with van der Waals surface area (Å²) in [6, 6.07) is 11.6. The van der Waals surface area contributed by atoms with E-state index in [1.807, 2.05) is 6.92 Å². The molecule has 1 amide bonds. The molecular weight excluding hydrogens is 342 g/mol. The third-order valence-electron chi connectivity index (χ3n) is 5.35. The SMILES string of the molecule is COc1cccc(C(=O)NC2(C(=O)c3cccc(O)c3)CCCCC2)c1C. The van der Waals surface area contributed by atoms with E-state index in [2.05, 4.69) is 5.32 Å². The summed E-state index contributed by atoms with van der Waals surface area (Å²) in [6.45, 7) is 1.83. The number of benzene rings is 2. The molecule has 3 rings (SSSR count). The van der Waals surface area contributed by atoms with Crippen molar-refractivity contribution >= 4 is 11.7 Å². The molecule has 142 valence electrons. The van der Waals surface area contributed by atoms with Gasteiger partial charge in [0.05, 0.1) is 7.11 Å². The minimum absolute atomic E-state index is 0.0433. The maximum atomic E-state index is 13.3. The average Bonchev–Trinajstić information content (AvgIpc) is 2.68. The van der Waals surface area contributed by atoms with Crippen molar-refractivity contribution in [3.05, 3.63) is 59.2 Å². The number of ether oxygens (including phenoxy) is 1. The number of Topliss-reactive ketones (excluding diaryl/α,β-unsaturated/α-hetero) is 1. The van der Waals surface area contributed by atoms with Crippen LogP contribution < -0.4 is 10.1 Å². The lowest BCUT2D eigenvalue weighted by Crippen LogP contribution is -2.55. The van der Waals surface area contributed by atoms with Gasteiger partial charge in [0.2, 0.25) is 0 Å². The number of ketones is 1. The van der Waals surface area contributed by atoms with Crippen LogP contribution in [0.1, 0.15) is 58.4 Å². The van der Waals surface area contributed by atoms with Gasteiger partial charge < -0.3 is 15.2 Å². The minimum atomic E-state index is -0.946. The summed E-state index contributed by atoms with van der Waals surface area (Å²) in [6.07, 6.45) is 3.99. The van der Waals surface area contributed by atoms with E-state index in [0.717, 1.165) is 24.8 Å². The lowest BCUT2D eigenvalue weighted by Gasteiger charge is -2.37. The number of nitrogens with one attached hydrogen (secondary N) is 1. The largest absolute Gasteiger partial charge is 0.508 e. The molecule has 0 unspecified atom stereocenters. The molecule has 0 spiro atoms. The maximum Gasteiger partial charge on any atom is 0.252 e. The van der Waals surface area contributed by atoms with Crippen molar-refractivity contribution in [2.45, 2.75) is 44.6 Å². The molecule has 5 heteroatoms. The molecule has 2 aromatic carbocycles. The third-order valence-corrected chi connectivity index (χ3v) is 5.35. The van der Waals surface area contributed by atoms with Gasteiger partial charge in [-0.15, -0.1) is 0 Å². The maximum absolute atomic E-state index is 13.3. The second-order valence-electron chi connectivity index (χ2n) is 7.11. The topological polar surface area (TPSA) is 75.6 Å². The molecule has 0 atom stereocenters. The number of phenolic OH excluding ortho intramolecular Hbond substituents is 1. The first kappa shape index (κ1) is 19.0. The van der Waals surface area contributed by atoms with Gasteiger partial charge in [0, 0.05) is 16.7 Å². The summed E-state index contributed by atoms with van der Waals surface area (Å²) < 4.78 is 5.31. The van der Waals surface area contributed by atoms with E-state index in [-0.39, 0.29) is 17.4 Å². The Bertz CT molecular complexity index is 853. The smallest absolute Gasteiger partial charge is 0.252 e. The number of rotatable bonds is 5. The van der Waals surface area contributed by atoms with Crippen LogP contribution in [-0.4, -0.2) is 29.4 Å². The van der Waals surface area contributed by atoms with Crippen molar-refractivity contribution in [3.63, 3.8) is 0 Å². The van der Waals surface area contributed by atoms with E-state index in [9.17, 15) is 14.7 Å². The summed E-state index contributed by atoms with van der Waals surface area (Å²) in [5, 5.41) is 12.8. The molecule has 0 radical (unpaired) electrons. The standard InChI is InChI=1S/C22H25NO4/c1-15-18(10-7-11-19(15)27-2)21(26)23-22(12-4-3-5-13-22)20(25)16-8-6-9-17(24)14-16/h6-11,14,24H,3-5,12-13H2,1-2H3,(H,23,26). The molecule has 0 heterocycles. The van der Waals surface area contributed by atoms with Crippen molar-refractivity contribution in [2.24, 2.45) is 0 Å². The lowest BCUT2D eigenvalue weighted by molar-refractivity contribution is 0.0713. The van der Waals surface area contributed by atoms with Gasteiger partial charge in [0.15, 0.2) is 5.78 Å². The molecule has 1 aliphatic carbocycles. The average molecular weight is 367 g/mol. The van der Waals surface area contributed by atoms with Crippen molar-refractivity contribution < 1.29 is 19.4 Å². The zero-order chi connectivity index (χ0) is 19.4. The number of carbonyl (C=O) groups excluding carboxylic acids is 2. The molecule has 0 aliphatic heterocycles. The predicted molar refractivity (Wildman–Crippen MR) is 103 cm³/mol. The van der Waals surface area contributed by atoms with Gasteiger partial charge in [-0.1, -0.05) is 37.5 Å². The quantitative estimate of drug-likeness (QED) is 0.783. The Kier molecular flexibility index (Phi) is 5.49. The van der Waals surface area contributed by atoms with E-state index in [1.165, 1.54) is 12.1 Å². The second-order valence-corrected chi connectivity index (χ2v) is 7.11. The molecule has 5 nitrogen and oxygen atoms in total. The van der Waals surface area contributed by atoms with Crippen LogP contribution in [0.4, 0.5) is 0 Å². The highest BCUT2D eigenvalue weighted by Gasteiger charge is 2.41. The minimum Gasteiger partial charge on any atom is -0.508 e. The van der Waals surface area contributed by atoms with Crippen LogP contribution >= 0.6 is 0 Å². The number of amides is 1. The number of hydrogen-bond donors (Lipinski definition) is 2. The molecule has 1 fully saturated rings. The Balaban J connectivity index is 1.94. The zero-order valence-corrected chi connectivity index (χ0v) is 15.7. The van der Waals surface area contributed by atoms with Gasteiger partial charge in [0.25, 0.3) is 5.91 Å². The monoisotopic (exact) mass is 367 g/mol. The second kappa shape index (κ2) is 7.82. The fourth-order valence-electron chi connectivity index (χ4n) is 3.85. The third kappa shape index (κ3) is 3.82. The summed E-state index contributed by atoms with van der Waals surface area (Å²) in [5.74, 6) is 0.259. The number of phenols is 1. The van der Waals surface area contributed by atoms with Gasteiger partial charge in [0.1, 0.15) is 17.0 Å². The Morgan fingerprint density at radius 3 is 2.44 bits per heavy atom. The molecule has 0 bridgehead atoms. The van der Waals surface area contributed by atoms with Crippen molar-refractivity contribution in [1.82, 2.24) is 5.32 Å². The highest BCUT2D eigenvalue weighted by molar-refractivity contribution is 6.07. The van der Waals surface area contributed by atoms with Gasteiger partial charge in [-0.25, -0.2) is 0 Å². The van der Waals surface area contributed by atoms with Crippen LogP contribution in [0.3, 0.4) is 0 Å². The van der Waals surface area contributed by atoms with Crippen molar-refractivity contribution in [2.75, 3.05) is 7.11 Å². The normalized spacial score (nSPS) is 15.8. The van der Waals surface area contributed by atoms with Crippen LogP contribution in [-0.2, 0) is 0 Å². The summed E-state index contributed by atoms with van der Waals surface area (Å²) in [5.41, 5.74) is 0.717. The first-order valence-electron chi connectivity index (χ1n) is 9.27. The van der Waals surface area contributed by atoms with E-state index in [4.69, 9.17) is 4.74 Å². The van der Waals surface area contributed by atoms with E-state index >= 15 is 0 Å². The number of aromatic hydroxyl groups is 1.